The van der Waals surface area contributed by atoms with Gasteiger partial charge in [-0.15, -0.1) is 0 Å². The summed E-state index contributed by atoms with van der Waals surface area (Å²) in [4.78, 5) is 11.5. The molecule has 8 nitrogen and oxygen atoms in total. The zero-order valence-electron chi connectivity index (χ0n) is 16.8. The first kappa shape index (κ1) is 20.2. The molecule has 0 saturated carbocycles. The van der Waals surface area contributed by atoms with E-state index in [9.17, 15) is 9.90 Å². The van der Waals surface area contributed by atoms with E-state index in [1.807, 2.05) is 42.5 Å². The van der Waals surface area contributed by atoms with E-state index < -0.39 is 42.6 Å². The molecule has 2 aromatic carbocycles. The second kappa shape index (κ2) is 8.41. The first-order chi connectivity index (χ1) is 15.1. The lowest BCUT2D eigenvalue weighted by atomic mass is 9.95. The van der Waals surface area contributed by atoms with Crippen LogP contribution in [0.2, 0.25) is 0 Å². The number of aliphatic hydroxyl groups is 1. The summed E-state index contributed by atoms with van der Waals surface area (Å²) in [6.45, 7) is 0.273. The summed E-state index contributed by atoms with van der Waals surface area (Å²) in [5.41, 5.74) is 1.55. The predicted molar refractivity (Wildman–Crippen MR) is 112 cm³/mol. The van der Waals surface area contributed by atoms with Crippen LogP contribution in [0.15, 0.2) is 69.9 Å². The topological polar surface area (TPSA) is 99.4 Å². The Labute approximate surface area is 178 Å². The van der Waals surface area contributed by atoms with E-state index in [1.165, 1.54) is 13.2 Å². The molecule has 0 amide bonds. The molecule has 2 aliphatic rings. The first-order valence-electron chi connectivity index (χ1n) is 10.1. The van der Waals surface area contributed by atoms with E-state index in [1.54, 1.807) is 12.1 Å². The molecule has 6 atom stereocenters. The third-order valence-corrected chi connectivity index (χ3v) is 5.63. The van der Waals surface area contributed by atoms with Crippen molar-refractivity contribution in [2.75, 3.05) is 19.0 Å². The molecule has 8 heteroatoms. The third-order valence-electron chi connectivity index (χ3n) is 5.63. The van der Waals surface area contributed by atoms with E-state index in [2.05, 4.69) is 5.32 Å². The summed E-state index contributed by atoms with van der Waals surface area (Å²) in [5, 5.41) is 15.2. The maximum atomic E-state index is 11.5. The molecule has 31 heavy (non-hydrogen) atoms. The largest absolute Gasteiger partial charge is 0.423 e. The molecule has 162 valence electrons. The molecule has 0 aliphatic carbocycles. The van der Waals surface area contributed by atoms with Gasteiger partial charge in [-0.05, 0) is 18.2 Å². The summed E-state index contributed by atoms with van der Waals surface area (Å²) >= 11 is 0. The van der Waals surface area contributed by atoms with Crippen LogP contribution in [0.3, 0.4) is 0 Å². The molecule has 0 radical (unpaired) electrons. The number of fused-ring (bicyclic) bond motifs is 2. The second-order valence-electron chi connectivity index (χ2n) is 7.62. The van der Waals surface area contributed by atoms with Crippen LogP contribution < -0.4 is 10.9 Å². The molecule has 5 rings (SSSR count). The number of benzene rings is 2. The lowest BCUT2D eigenvalue weighted by Gasteiger charge is -2.47. The minimum Gasteiger partial charge on any atom is -0.423 e. The molecule has 2 fully saturated rings. The maximum Gasteiger partial charge on any atom is 0.336 e. The van der Waals surface area contributed by atoms with Gasteiger partial charge in [0.15, 0.2) is 12.6 Å². The molecule has 1 aromatic heterocycles. The normalized spacial score (nSPS) is 30.6. The number of ether oxygens (including phenoxy) is 4. The first-order valence-corrected chi connectivity index (χ1v) is 10.1. The second-order valence-corrected chi connectivity index (χ2v) is 7.62. The molecule has 2 aliphatic heterocycles. The molecule has 0 spiro atoms. The van der Waals surface area contributed by atoms with Gasteiger partial charge in [-0.3, -0.25) is 0 Å². The fraction of sp³-hybridized carbons (Fsp3) is 0.348. The molecular formula is C23H23NO7. The molecule has 3 heterocycles. The monoisotopic (exact) mass is 425 g/mol. The van der Waals surface area contributed by atoms with Gasteiger partial charge in [0.05, 0.1) is 6.61 Å². The van der Waals surface area contributed by atoms with Crippen molar-refractivity contribution in [1.29, 1.82) is 0 Å². The molecule has 2 saturated heterocycles. The lowest BCUT2D eigenvalue weighted by molar-refractivity contribution is -0.337. The van der Waals surface area contributed by atoms with E-state index in [4.69, 9.17) is 23.4 Å². The van der Waals surface area contributed by atoms with Gasteiger partial charge in [0.1, 0.15) is 29.9 Å². The highest BCUT2D eigenvalue weighted by Crippen LogP contribution is 2.35. The SMILES string of the molecule is CO[C@H]1OC2COC(c3ccccc3)O[C@H]2C(O)C1Nc1ccc2ccc(=O)oc2c1. The Morgan fingerprint density at radius 1 is 1.06 bits per heavy atom. The fourth-order valence-corrected chi connectivity index (χ4v) is 4.07. The minimum absolute atomic E-state index is 0.273. The molecule has 2 N–H and O–H groups in total. The van der Waals surface area contributed by atoms with Crippen LogP contribution in [0.4, 0.5) is 5.69 Å². The van der Waals surface area contributed by atoms with Crippen LogP contribution in [0.5, 0.6) is 0 Å². The number of aliphatic hydroxyl groups excluding tert-OH is 1. The van der Waals surface area contributed by atoms with Crippen molar-refractivity contribution in [2.24, 2.45) is 0 Å². The Hall–Kier alpha value is -2.75. The Morgan fingerprint density at radius 3 is 2.68 bits per heavy atom. The van der Waals surface area contributed by atoms with Gasteiger partial charge in [0.2, 0.25) is 0 Å². The number of anilines is 1. The van der Waals surface area contributed by atoms with Crippen LogP contribution >= 0.6 is 0 Å². The van der Waals surface area contributed by atoms with Gasteiger partial charge in [-0.2, -0.15) is 0 Å². The number of methoxy groups -OCH3 is 1. The third kappa shape index (κ3) is 3.96. The highest BCUT2D eigenvalue weighted by Gasteiger charge is 2.49. The molecule has 4 unspecified atom stereocenters. The number of rotatable bonds is 4. The van der Waals surface area contributed by atoms with E-state index in [0.717, 1.165) is 10.9 Å². The molecule has 0 bridgehead atoms. The summed E-state index contributed by atoms with van der Waals surface area (Å²) in [6, 6.07) is 17.4. The van der Waals surface area contributed by atoms with Gasteiger partial charge in [-0.25, -0.2) is 4.79 Å². The zero-order valence-corrected chi connectivity index (χ0v) is 16.8. The average molecular weight is 425 g/mol. The number of hydrogen-bond acceptors (Lipinski definition) is 8. The van der Waals surface area contributed by atoms with Gasteiger partial charge in [0, 0.05) is 35.9 Å². The zero-order chi connectivity index (χ0) is 21.4. The smallest absolute Gasteiger partial charge is 0.336 e. The van der Waals surface area contributed by atoms with Crippen molar-refractivity contribution in [2.45, 2.75) is 36.9 Å². The van der Waals surface area contributed by atoms with Gasteiger partial charge >= 0.3 is 5.63 Å². The maximum absolute atomic E-state index is 11.5. The Kier molecular flexibility index (Phi) is 5.47. The number of nitrogens with one attached hydrogen (secondary N) is 1. The van der Waals surface area contributed by atoms with Crippen molar-refractivity contribution >= 4 is 16.7 Å². The van der Waals surface area contributed by atoms with Crippen LogP contribution in [-0.4, -0.2) is 49.5 Å². The highest BCUT2D eigenvalue weighted by molar-refractivity contribution is 5.80. The van der Waals surface area contributed by atoms with E-state index in [0.29, 0.717) is 11.3 Å². The van der Waals surface area contributed by atoms with Crippen molar-refractivity contribution in [1.82, 2.24) is 0 Å². The summed E-state index contributed by atoms with van der Waals surface area (Å²) in [5.74, 6) is 0. The Balaban J connectivity index is 1.38. The Bertz CT molecular complexity index is 1100. The van der Waals surface area contributed by atoms with Gasteiger partial charge < -0.3 is 33.8 Å². The van der Waals surface area contributed by atoms with E-state index >= 15 is 0 Å². The van der Waals surface area contributed by atoms with Crippen molar-refractivity contribution in [3.63, 3.8) is 0 Å². The van der Waals surface area contributed by atoms with Crippen molar-refractivity contribution < 1.29 is 28.5 Å². The van der Waals surface area contributed by atoms with Crippen LogP contribution in [0.1, 0.15) is 11.9 Å². The van der Waals surface area contributed by atoms with Gasteiger partial charge in [0.25, 0.3) is 0 Å². The molecular weight excluding hydrogens is 402 g/mol. The summed E-state index contributed by atoms with van der Waals surface area (Å²) < 4.78 is 28.7. The molecule has 3 aromatic rings. The average Bonchev–Trinajstić information content (AvgIpc) is 2.81. The van der Waals surface area contributed by atoms with E-state index in [-0.39, 0.29) is 6.61 Å². The van der Waals surface area contributed by atoms with Crippen LogP contribution in [0.25, 0.3) is 11.0 Å². The lowest BCUT2D eigenvalue weighted by Crippen LogP contribution is -2.64. The number of hydrogen-bond donors (Lipinski definition) is 2. The quantitative estimate of drug-likeness (QED) is 0.615. The predicted octanol–water partition coefficient (Wildman–Crippen LogP) is 2.42. The standard InChI is InChI=1S/C23H23NO7/c1-27-23-19(24-15-9-7-13-8-10-18(25)29-16(13)11-15)20(26)21-17(30-23)12-28-22(31-21)14-5-3-2-4-6-14/h2-11,17,19-24,26H,12H2,1H3/t17?,19?,20?,21-,22?,23+/m1/s1. The van der Waals surface area contributed by atoms with Crippen LogP contribution in [0, 0.1) is 0 Å². The van der Waals surface area contributed by atoms with Crippen LogP contribution in [-0.2, 0) is 18.9 Å². The summed E-state index contributed by atoms with van der Waals surface area (Å²) in [7, 11) is 1.52. The van der Waals surface area contributed by atoms with Gasteiger partial charge in [-0.1, -0.05) is 30.3 Å². The summed E-state index contributed by atoms with van der Waals surface area (Å²) in [6.07, 6.45) is -3.32. The highest BCUT2D eigenvalue weighted by atomic mass is 16.7. The fourth-order valence-electron chi connectivity index (χ4n) is 4.07. The minimum atomic E-state index is -0.933. The Morgan fingerprint density at radius 2 is 1.87 bits per heavy atom. The van der Waals surface area contributed by atoms with Crippen molar-refractivity contribution in [3.8, 4) is 0 Å². The van der Waals surface area contributed by atoms with Crippen molar-refractivity contribution in [3.05, 3.63) is 76.6 Å².